The maximum absolute atomic E-state index is 6.28. The van der Waals surface area contributed by atoms with Gasteiger partial charge in [0.25, 0.3) is 0 Å². The van der Waals surface area contributed by atoms with E-state index < -0.39 is 16.6 Å². The second-order valence-corrected chi connectivity index (χ2v) is 13.6. The van der Waals surface area contributed by atoms with Crippen LogP contribution in [0.2, 0.25) is 32.2 Å². The molecular weight excluding hydrogens is 204 g/mol. The predicted molar refractivity (Wildman–Crippen MR) is 70.6 cm³/mol. The highest BCUT2D eigenvalue weighted by Gasteiger charge is 2.30. The van der Waals surface area contributed by atoms with E-state index >= 15 is 0 Å². The van der Waals surface area contributed by atoms with Crippen molar-refractivity contribution in [3.63, 3.8) is 0 Å². The molecule has 0 aromatic heterocycles. The minimum atomic E-state index is -1.55. The lowest BCUT2D eigenvalue weighted by atomic mass is 10.3. The highest BCUT2D eigenvalue weighted by Crippen LogP contribution is 2.21. The summed E-state index contributed by atoms with van der Waals surface area (Å²) in [6, 6.07) is 1.30. The lowest BCUT2D eigenvalue weighted by molar-refractivity contribution is 0.546. The van der Waals surface area contributed by atoms with E-state index in [2.05, 4.69) is 39.7 Å². The van der Waals surface area contributed by atoms with Crippen molar-refractivity contribution in [2.24, 2.45) is 0 Å². The molecule has 0 saturated carbocycles. The molecule has 0 bridgehead atoms. The van der Waals surface area contributed by atoms with Crippen molar-refractivity contribution < 1.29 is 4.12 Å². The second kappa shape index (κ2) is 5.88. The van der Waals surface area contributed by atoms with Crippen molar-refractivity contribution in [2.45, 2.75) is 58.4 Å². The summed E-state index contributed by atoms with van der Waals surface area (Å²) in [4.78, 5) is 0. The van der Waals surface area contributed by atoms with E-state index in [0.29, 0.717) is 0 Å². The summed E-state index contributed by atoms with van der Waals surface area (Å²) in [6.07, 6.45) is 3.97. The largest absolute Gasteiger partial charge is 0.453 e. The zero-order valence-electron chi connectivity index (χ0n) is 10.5. The fourth-order valence-electron chi connectivity index (χ4n) is 1.61. The number of hydrogen-bond acceptors (Lipinski definition) is 1. The van der Waals surface area contributed by atoms with E-state index in [1.807, 2.05) is 5.70 Å². The van der Waals surface area contributed by atoms with Crippen LogP contribution in [0.25, 0.3) is 0 Å². The normalized spacial score (nSPS) is 12.9. The number of rotatable bonds is 7. The van der Waals surface area contributed by atoms with Gasteiger partial charge in [0, 0.05) is 0 Å². The first-order valence-corrected chi connectivity index (χ1v) is 11.8. The molecule has 0 aromatic rings. The number of unbranched alkanes of at least 4 members (excludes halogenated alkanes) is 2. The Morgan fingerprint density at radius 3 is 2.14 bits per heavy atom. The third-order valence-electron chi connectivity index (χ3n) is 2.41. The van der Waals surface area contributed by atoms with Gasteiger partial charge in [0.15, 0.2) is 16.6 Å². The molecule has 3 heteroatoms. The van der Waals surface area contributed by atoms with Crippen molar-refractivity contribution >= 4 is 16.6 Å². The summed E-state index contributed by atoms with van der Waals surface area (Å²) < 4.78 is 6.28. The van der Waals surface area contributed by atoms with E-state index in [1.54, 1.807) is 0 Å². The van der Waals surface area contributed by atoms with Crippen LogP contribution in [0.4, 0.5) is 0 Å². The van der Waals surface area contributed by atoms with Crippen molar-refractivity contribution in [3.8, 4) is 0 Å². The quantitative estimate of drug-likeness (QED) is 0.467. The number of hydrogen-bond donors (Lipinski definition) is 0. The second-order valence-electron chi connectivity index (χ2n) is 5.13. The Morgan fingerprint density at radius 2 is 1.71 bits per heavy atom. The van der Waals surface area contributed by atoms with E-state index in [-0.39, 0.29) is 0 Å². The van der Waals surface area contributed by atoms with Gasteiger partial charge in [-0.3, -0.25) is 0 Å². The SMILES string of the molecule is C=C[Si](C)(C)O[Si](C)(C)CCCCC. The summed E-state index contributed by atoms with van der Waals surface area (Å²) in [5.74, 6) is 0. The molecule has 14 heavy (non-hydrogen) atoms. The van der Waals surface area contributed by atoms with Gasteiger partial charge in [0.1, 0.15) is 0 Å². The molecule has 0 aliphatic rings. The minimum absolute atomic E-state index is 1.30. The molecule has 0 unspecified atom stereocenters. The van der Waals surface area contributed by atoms with Gasteiger partial charge in [-0.05, 0) is 32.2 Å². The molecule has 0 aliphatic heterocycles. The molecule has 0 heterocycles. The first kappa shape index (κ1) is 14.1. The summed E-state index contributed by atoms with van der Waals surface area (Å²) in [7, 11) is -2.95. The Balaban J connectivity index is 3.99. The van der Waals surface area contributed by atoms with Crippen LogP contribution in [0.15, 0.2) is 12.3 Å². The standard InChI is InChI=1S/C11H26OSi2/c1-7-9-10-11-14(5,6)12-13(3,4)8-2/h8H,2,7,9-11H2,1,3-6H3. The molecule has 0 amide bonds. The molecule has 0 aromatic carbocycles. The Bertz CT molecular complexity index is 176. The minimum Gasteiger partial charge on any atom is -0.453 e. The molecule has 0 N–H and O–H groups in total. The van der Waals surface area contributed by atoms with E-state index in [0.717, 1.165) is 0 Å². The maximum atomic E-state index is 6.28. The zero-order chi connectivity index (χ0) is 11.2. The van der Waals surface area contributed by atoms with Gasteiger partial charge in [-0.25, -0.2) is 0 Å². The van der Waals surface area contributed by atoms with Gasteiger partial charge < -0.3 is 4.12 Å². The zero-order valence-corrected chi connectivity index (χ0v) is 12.5. The average molecular weight is 230 g/mol. The molecule has 0 rings (SSSR count). The summed E-state index contributed by atoms with van der Waals surface area (Å²) in [5, 5.41) is 0. The molecule has 1 nitrogen and oxygen atoms in total. The maximum Gasteiger partial charge on any atom is 0.197 e. The van der Waals surface area contributed by atoms with Crippen LogP contribution in [0.1, 0.15) is 26.2 Å². The topological polar surface area (TPSA) is 9.23 Å². The van der Waals surface area contributed by atoms with Crippen LogP contribution >= 0.6 is 0 Å². The van der Waals surface area contributed by atoms with Crippen LogP contribution in [-0.4, -0.2) is 16.6 Å². The van der Waals surface area contributed by atoms with Gasteiger partial charge >= 0.3 is 0 Å². The van der Waals surface area contributed by atoms with Gasteiger partial charge in [-0.1, -0.05) is 31.9 Å². The van der Waals surface area contributed by atoms with Crippen molar-refractivity contribution in [2.75, 3.05) is 0 Å². The van der Waals surface area contributed by atoms with E-state index in [9.17, 15) is 0 Å². The molecule has 0 spiro atoms. The molecule has 0 saturated heterocycles. The fourth-order valence-corrected chi connectivity index (χ4v) is 9.15. The summed E-state index contributed by atoms with van der Waals surface area (Å²) in [6.45, 7) is 15.2. The first-order valence-electron chi connectivity index (χ1n) is 5.67. The lowest BCUT2D eigenvalue weighted by Crippen LogP contribution is -2.43. The van der Waals surface area contributed by atoms with Gasteiger partial charge in [-0.15, -0.1) is 6.58 Å². The van der Waals surface area contributed by atoms with Crippen LogP contribution in [-0.2, 0) is 4.12 Å². The Kier molecular flexibility index (Phi) is 5.94. The highest BCUT2D eigenvalue weighted by molar-refractivity contribution is 6.87. The Labute approximate surface area is 91.8 Å². The first-order chi connectivity index (χ1) is 6.33. The molecule has 0 radical (unpaired) electrons. The monoisotopic (exact) mass is 230 g/mol. The van der Waals surface area contributed by atoms with Gasteiger partial charge in [0.05, 0.1) is 0 Å². The highest BCUT2D eigenvalue weighted by atomic mass is 28.4. The Hall–Kier alpha value is 0.134. The van der Waals surface area contributed by atoms with Crippen LogP contribution in [0.3, 0.4) is 0 Å². The lowest BCUT2D eigenvalue weighted by Gasteiger charge is -2.31. The van der Waals surface area contributed by atoms with Crippen molar-refractivity contribution in [1.82, 2.24) is 0 Å². The fraction of sp³-hybridized carbons (Fsp3) is 0.818. The summed E-state index contributed by atoms with van der Waals surface area (Å²) >= 11 is 0. The van der Waals surface area contributed by atoms with Gasteiger partial charge in [-0.2, -0.15) is 0 Å². The Morgan fingerprint density at radius 1 is 1.14 bits per heavy atom. The molecule has 0 aliphatic carbocycles. The smallest absolute Gasteiger partial charge is 0.197 e. The van der Waals surface area contributed by atoms with E-state index in [1.165, 1.54) is 25.3 Å². The van der Waals surface area contributed by atoms with Crippen molar-refractivity contribution in [1.29, 1.82) is 0 Å². The van der Waals surface area contributed by atoms with Gasteiger partial charge in [0.2, 0.25) is 0 Å². The average Bonchev–Trinajstić information content (AvgIpc) is 2.03. The molecule has 0 fully saturated rings. The molecule has 84 valence electrons. The predicted octanol–water partition coefficient (Wildman–Crippen LogP) is 4.33. The molecule has 0 atom stereocenters. The molecular formula is C11H26OSi2. The van der Waals surface area contributed by atoms with Crippen LogP contribution in [0, 0.1) is 0 Å². The third-order valence-corrected chi connectivity index (χ3v) is 9.27. The third kappa shape index (κ3) is 6.57. The van der Waals surface area contributed by atoms with Crippen LogP contribution in [0.5, 0.6) is 0 Å². The van der Waals surface area contributed by atoms with E-state index in [4.69, 9.17) is 4.12 Å². The summed E-state index contributed by atoms with van der Waals surface area (Å²) in [5.41, 5.74) is 2.04. The van der Waals surface area contributed by atoms with Crippen molar-refractivity contribution in [3.05, 3.63) is 12.3 Å². The van der Waals surface area contributed by atoms with Crippen LogP contribution < -0.4 is 0 Å².